The van der Waals surface area contributed by atoms with Crippen LogP contribution in [0.5, 0.6) is 11.5 Å². The molecule has 0 unspecified atom stereocenters. The van der Waals surface area contributed by atoms with Crippen LogP contribution in [0.15, 0.2) is 24.3 Å². The molecule has 1 aromatic rings. The van der Waals surface area contributed by atoms with Crippen LogP contribution in [0.3, 0.4) is 0 Å². The second-order valence-electron chi connectivity index (χ2n) is 5.18. The van der Waals surface area contributed by atoms with Gasteiger partial charge in [0.25, 0.3) is 0 Å². The van der Waals surface area contributed by atoms with Crippen LogP contribution in [0, 0.1) is 0 Å². The van der Waals surface area contributed by atoms with E-state index in [0.717, 1.165) is 0 Å². The monoisotopic (exact) mass is 327 g/mol. The van der Waals surface area contributed by atoms with Gasteiger partial charge in [-0.25, -0.2) is 0 Å². The first-order valence-corrected chi connectivity index (χ1v) is 7.27. The number of aliphatic hydroxyl groups excluding tert-OH is 1. The van der Waals surface area contributed by atoms with Crippen LogP contribution in [0.25, 0.3) is 6.08 Å². The number of carbonyl (C=O) groups excluding carboxylic acids is 1. The maximum atomic E-state index is 12.3. The minimum atomic E-state index is -2.93. The molecule has 1 heterocycles. The number of methoxy groups -OCH3 is 1. The maximum Gasteiger partial charge on any atom is 0.387 e. The molecule has 1 amide bonds. The quantitative estimate of drug-likeness (QED) is 0.843. The Morgan fingerprint density at radius 1 is 1.35 bits per heavy atom. The van der Waals surface area contributed by atoms with E-state index < -0.39 is 6.61 Å². The number of alkyl halides is 2. The minimum Gasteiger partial charge on any atom is -0.493 e. The smallest absolute Gasteiger partial charge is 0.387 e. The fourth-order valence-corrected chi connectivity index (χ4v) is 2.34. The molecule has 0 radical (unpaired) electrons. The number of aliphatic hydroxyl groups is 1. The molecule has 126 valence electrons. The molecule has 1 aliphatic heterocycles. The topological polar surface area (TPSA) is 59.0 Å². The fraction of sp³-hybridized carbons (Fsp3) is 0.438. The van der Waals surface area contributed by atoms with E-state index in [9.17, 15) is 18.7 Å². The Kier molecular flexibility index (Phi) is 5.92. The van der Waals surface area contributed by atoms with Crippen molar-refractivity contribution >= 4 is 12.0 Å². The van der Waals surface area contributed by atoms with Crippen molar-refractivity contribution in [2.45, 2.75) is 25.6 Å². The van der Waals surface area contributed by atoms with Crippen molar-refractivity contribution in [3.8, 4) is 11.5 Å². The van der Waals surface area contributed by atoms with E-state index in [2.05, 4.69) is 4.74 Å². The predicted molar refractivity (Wildman–Crippen MR) is 80.5 cm³/mol. The van der Waals surface area contributed by atoms with Crippen molar-refractivity contribution in [1.29, 1.82) is 0 Å². The van der Waals surface area contributed by atoms with Crippen molar-refractivity contribution in [3.63, 3.8) is 0 Å². The number of carbonyl (C=O) groups is 1. The highest BCUT2D eigenvalue weighted by Crippen LogP contribution is 2.29. The van der Waals surface area contributed by atoms with E-state index in [1.54, 1.807) is 17.0 Å². The fourth-order valence-electron chi connectivity index (χ4n) is 2.34. The van der Waals surface area contributed by atoms with Crippen LogP contribution in [-0.4, -0.2) is 48.8 Å². The molecule has 1 aromatic carbocycles. The van der Waals surface area contributed by atoms with Crippen LogP contribution >= 0.6 is 0 Å². The summed E-state index contributed by atoms with van der Waals surface area (Å²) in [4.78, 5) is 13.7. The number of likely N-dealkylation sites (tertiary alicyclic amines) is 1. The Hall–Kier alpha value is -2.15. The average Bonchev–Trinajstić information content (AvgIpc) is 2.53. The van der Waals surface area contributed by atoms with Gasteiger partial charge in [-0.1, -0.05) is 6.07 Å². The first-order chi connectivity index (χ1) is 11.0. The molecule has 7 heteroatoms. The predicted octanol–water partition coefficient (Wildman–Crippen LogP) is 2.29. The molecule has 0 aromatic heterocycles. The van der Waals surface area contributed by atoms with Gasteiger partial charge in [0, 0.05) is 19.2 Å². The van der Waals surface area contributed by atoms with Gasteiger partial charge >= 0.3 is 6.61 Å². The van der Waals surface area contributed by atoms with E-state index in [0.29, 0.717) is 31.5 Å². The van der Waals surface area contributed by atoms with Crippen LogP contribution in [0.4, 0.5) is 8.78 Å². The lowest BCUT2D eigenvalue weighted by Gasteiger charge is -2.28. The van der Waals surface area contributed by atoms with Crippen molar-refractivity contribution in [1.82, 2.24) is 4.90 Å². The number of nitrogens with zero attached hydrogens (tertiary/aromatic N) is 1. The number of hydrogen-bond donors (Lipinski definition) is 1. The molecular formula is C16H19F2NO4. The maximum absolute atomic E-state index is 12.3. The molecule has 5 nitrogen and oxygen atoms in total. The SMILES string of the molecule is COc1cc(/C=C/C(=O)N2CCC(O)CC2)ccc1OC(F)F. The van der Waals surface area contributed by atoms with Crippen LogP contribution in [-0.2, 0) is 4.79 Å². The Morgan fingerprint density at radius 3 is 2.65 bits per heavy atom. The van der Waals surface area contributed by atoms with Crippen molar-refractivity contribution < 1.29 is 28.2 Å². The van der Waals surface area contributed by atoms with Crippen LogP contribution < -0.4 is 9.47 Å². The standard InChI is InChI=1S/C16H19F2NO4/c1-22-14-10-11(2-4-13(14)23-16(17)18)3-5-15(21)19-8-6-12(20)7-9-19/h2-5,10,12,16,20H,6-9H2,1H3/b5-3+. The number of rotatable bonds is 5. The highest BCUT2D eigenvalue weighted by molar-refractivity contribution is 5.91. The number of amides is 1. The molecule has 0 spiro atoms. The number of hydrogen-bond acceptors (Lipinski definition) is 4. The summed E-state index contributed by atoms with van der Waals surface area (Å²) in [5, 5.41) is 9.43. The summed E-state index contributed by atoms with van der Waals surface area (Å²) in [5.41, 5.74) is 0.633. The highest BCUT2D eigenvalue weighted by atomic mass is 19.3. The lowest BCUT2D eigenvalue weighted by molar-refractivity contribution is -0.127. The zero-order valence-corrected chi connectivity index (χ0v) is 12.7. The second kappa shape index (κ2) is 7.92. The Morgan fingerprint density at radius 2 is 2.04 bits per heavy atom. The minimum absolute atomic E-state index is 0.0593. The molecule has 1 aliphatic rings. The first-order valence-electron chi connectivity index (χ1n) is 7.27. The number of piperidine rings is 1. The molecule has 2 rings (SSSR count). The third kappa shape index (κ3) is 4.92. The molecular weight excluding hydrogens is 308 g/mol. The molecule has 0 atom stereocenters. The second-order valence-corrected chi connectivity index (χ2v) is 5.18. The van der Waals surface area contributed by atoms with Crippen LogP contribution in [0.2, 0.25) is 0 Å². The molecule has 0 aliphatic carbocycles. The van der Waals surface area contributed by atoms with Gasteiger partial charge < -0.3 is 19.5 Å². The van der Waals surface area contributed by atoms with Gasteiger partial charge in [0.2, 0.25) is 5.91 Å². The zero-order valence-electron chi connectivity index (χ0n) is 12.7. The summed E-state index contributed by atoms with van der Waals surface area (Å²) in [6, 6.07) is 4.44. The average molecular weight is 327 g/mol. The normalized spacial score (nSPS) is 16.1. The largest absolute Gasteiger partial charge is 0.493 e. The lowest BCUT2D eigenvalue weighted by Crippen LogP contribution is -2.39. The summed E-state index contributed by atoms with van der Waals surface area (Å²) in [6.45, 7) is -1.88. The van der Waals surface area contributed by atoms with Gasteiger partial charge in [-0.3, -0.25) is 4.79 Å². The van der Waals surface area contributed by atoms with Crippen LogP contribution in [0.1, 0.15) is 18.4 Å². The van der Waals surface area contributed by atoms with Crippen molar-refractivity contribution in [2.24, 2.45) is 0 Å². The van der Waals surface area contributed by atoms with Gasteiger partial charge in [0.05, 0.1) is 13.2 Å². The number of ether oxygens (including phenoxy) is 2. The van der Waals surface area contributed by atoms with E-state index in [1.165, 1.54) is 25.3 Å². The molecule has 0 bridgehead atoms. The van der Waals surface area contributed by atoms with E-state index in [1.807, 2.05) is 0 Å². The molecule has 1 fully saturated rings. The lowest BCUT2D eigenvalue weighted by atomic mass is 10.1. The molecule has 1 saturated heterocycles. The first kappa shape index (κ1) is 17.2. The van der Waals surface area contributed by atoms with Gasteiger partial charge in [0.15, 0.2) is 11.5 Å². The zero-order chi connectivity index (χ0) is 16.8. The van der Waals surface area contributed by atoms with Crippen molar-refractivity contribution in [3.05, 3.63) is 29.8 Å². The van der Waals surface area contributed by atoms with Gasteiger partial charge in [-0.15, -0.1) is 0 Å². The Balaban J connectivity index is 2.03. The summed E-state index contributed by atoms with van der Waals surface area (Å²) in [5.74, 6) is -0.0410. The molecule has 0 saturated carbocycles. The number of halogens is 2. The number of benzene rings is 1. The summed E-state index contributed by atoms with van der Waals surface area (Å²) >= 11 is 0. The summed E-state index contributed by atoms with van der Waals surface area (Å²) in [6.07, 6.45) is 3.82. The van der Waals surface area contributed by atoms with E-state index >= 15 is 0 Å². The third-order valence-corrected chi connectivity index (χ3v) is 3.60. The third-order valence-electron chi connectivity index (χ3n) is 3.60. The van der Waals surface area contributed by atoms with Crippen molar-refractivity contribution in [2.75, 3.05) is 20.2 Å². The van der Waals surface area contributed by atoms with E-state index in [-0.39, 0.29) is 23.5 Å². The Labute approximate surface area is 133 Å². The summed E-state index contributed by atoms with van der Waals surface area (Å²) < 4.78 is 33.9. The summed E-state index contributed by atoms with van der Waals surface area (Å²) in [7, 11) is 1.35. The molecule has 23 heavy (non-hydrogen) atoms. The van der Waals surface area contributed by atoms with Gasteiger partial charge in [-0.05, 0) is 36.6 Å². The molecule has 1 N–H and O–H groups in total. The Bertz CT molecular complexity index is 569. The highest BCUT2D eigenvalue weighted by Gasteiger charge is 2.19. The van der Waals surface area contributed by atoms with Gasteiger partial charge in [0.1, 0.15) is 0 Å². The van der Waals surface area contributed by atoms with E-state index in [4.69, 9.17) is 4.74 Å². The van der Waals surface area contributed by atoms with Gasteiger partial charge in [-0.2, -0.15) is 8.78 Å².